The second-order valence-electron chi connectivity index (χ2n) is 8.03. The fourth-order valence-corrected chi connectivity index (χ4v) is 5.92. The van der Waals surface area contributed by atoms with Crippen LogP contribution >= 0.6 is 23.2 Å². The molecular formula is C21H24Cl2N4O3S. The number of sulfonamides is 1. The molecule has 10 heteroatoms. The van der Waals surface area contributed by atoms with Crippen LogP contribution in [0, 0.1) is 6.92 Å². The number of aromatic nitrogens is 1. The molecule has 0 saturated carbocycles. The number of aryl methyl sites for hydroxylation is 1. The van der Waals surface area contributed by atoms with Crippen molar-refractivity contribution in [2.45, 2.75) is 38.9 Å². The molecule has 0 spiro atoms. The van der Waals surface area contributed by atoms with Gasteiger partial charge in [-0.1, -0.05) is 29.3 Å². The van der Waals surface area contributed by atoms with E-state index in [9.17, 15) is 13.2 Å². The number of benzene rings is 1. The summed E-state index contributed by atoms with van der Waals surface area (Å²) in [7, 11) is -3.23. The molecule has 2 aliphatic rings. The molecule has 0 aliphatic carbocycles. The second kappa shape index (κ2) is 8.33. The molecule has 0 radical (unpaired) electrons. The lowest BCUT2D eigenvalue weighted by Crippen LogP contribution is -2.46. The summed E-state index contributed by atoms with van der Waals surface area (Å²) in [5, 5.41) is 0.957. The van der Waals surface area contributed by atoms with Crippen LogP contribution in [0.15, 0.2) is 18.2 Å². The first-order valence-corrected chi connectivity index (χ1v) is 12.7. The highest BCUT2D eigenvalue weighted by molar-refractivity contribution is 7.88. The van der Waals surface area contributed by atoms with E-state index >= 15 is 0 Å². The van der Waals surface area contributed by atoms with Gasteiger partial charge in [0.05, 0.1) is 24.1 Å². The van der Waals surface area contributed by atoms with E-state index in [0.717, 1.165) is 11.3 Å². The van der Waals surface area contributed by atoms with E-state index in [0.29, 0.717) is 64.9 Å². The Balaban J connectivity index is 1.73. The zero-order valence-corrected chi connectivity index (χ0v) is 19.7. The van der Waals surface area contributed by atoms with E-state index in [1.54, 1.807) is 18.2 Å². The number of pyridine rings is 1. The Labute approximate surface area is 192 Å². The first kappa shape index (κ1) is 22.5. The van der Waals surface area contributed by atoms with Crippen molar-refractivity contribution in [1.29, 1.82) is 0 Å². The molecule has 0 bridgehead atoms. The Kier molecular flexibility index (Phi) is 6.04. The molecule has 166 valence electrons. The first-order valence-electron chi connectivity index (χ1n) is 10.1. The lowest BCUT2D eigenvalue weighted by atomic mass is 9.93. The van der Waals surface area contributed by atoms with Gasteiger partial charge in [0.1, 0.15) is 0 Å². The number of hydrogen-bond acceptors (Lipinski definition) is 5. The van der Waals surface area contributed by atoms with Gasteiger partial charge in [-0.2, -0.15) is 0 Å². The van der Waals surface area contributed by atoms with E-state index in [1.807, 2.05) is 11.8 Å². The highest BCUT2D eigenvalue weighted by Crippen LogP contribution is 2.41. The summed E-state index contributed by atoms with van der Waals surface area (Å²) >= 11 is 12.6. The van der Waals surface area contributed by atoms with Gasteiger partial charge in [-0.25, -0.2) is 12.7 Å². The number of halogens is 2. The molecule has 1 amide bonds. The van der Waals surface area contributed by atoms with Crippen molar-refractivity contribution in [2.24, 2.45) is 5.73 Å². The molecule has 3 heterocycles. The largest absolute Gasteiger partial charge is 0.330 e. The summed E-state index contributed by atoms with van der Waals surface area (Å²) in [6.07, 6.45) is 2.40. The molecular weight excluding hydrogens is 459 g/mol. The predicted molar refractivity (Wildman–Crippen MR) is 122 cm³/mol. The van der Waals surface area contributed by atoms with Gasteiger partial charge in [0.2, 0.25) is 10.0 Å². The number of carbonyl (C=O) groups is 1. The van der Waals surface area contributed by atoms with E-state index in [1.165, 1.54) is 10.6 Å². The quantitative estimate of drug-likeness (QED) is 0.721. The highest BCUT2D eigenvalue weighted by Gasteiger charge is 2.39. The minimum absolute atomic E-state index is 0.0464. The smallest absolute Gasteiger partial charge is 0.257 e. The summed E-state index contributed by atoms with van der Waals surface area (Å²) < 4.78 is 25.1. The van der Waals surface area contributed by atoms with Crippen molar-refractivity contribution >= 4 is 39.1 Å². The second-order valence-corrected chi connectivity index (χ2v) is 10.9. The fraction of sp³-hybridized carbons (Fsp3) is 0.429. The Morgan fingerprint density at radius 2 is 1.87 bits per heavy atom. The summed E-state index contributed by atoms with van der Waals surface area (Å²) in [6, 6.07) is 5.15. The van der Waals surface area contributed by atoms with Crippen LogP contribution in [-0.2, 0) is 23.1 Å². The number of rotatable bonds is 4. The van der Waals surface area contributed by atoms with Gasteiger partial charge in [0.15, 0.2) is 0 Å². The lowest BCUT2D eigenvalue weighted by molar-refractivity contribution is 0.0643. The molecule has 1 aromatic heterocycles. The van der Waals surface area contributed by atoms with Crippen LogP contribution in [0.25, 0.3) is 11.1 Å². The summed E-state index contributed by atoms with van der Waals surface area (Å²) in [4.78, 5) is 20.1. The van der Waals surface area contributed by atoms with Gasteiger partial charge in [0, 0.05) is 52.5 Å². The van der Waals surface area contributed by atoms with Crippen molar-refractivity contribution in [1.82, 2.24) is 14.2 Å². The third kappa shape index (κ3) is 4.07. The number of carbonyl (C=O) groups excluding carboxylic acids is 1. The molecule has 1 fully saturated rings. The van der Waals surface area contributed by atoms with Crippen molar-refractivity contribution < 1.29 is 13.2 Å². The zero-order valence-electron chi connectivity index (χ0n) is 17.4. The molecule has 1 aromatic carbocycles. The number of amides is 1. The van der Waals surface area contributed by atoms with Crippen LogP contribution in [0.1, 0.15) is 40.2 Å². The van der Waals surface area contributed by atoms with E-state index in [2.05, 4.69) is 4.98 Å². The minimum Gasteiger partial charge on any atom is -0.330 e. The molecule has 2 aliphatic heterocycles. The van der Waals surface area contributed by atoms with E-state index in [4.69, 9.17) is 28.9 Å². The van der Waals surface area contributed by atoms with Crippen LogP contribution < -0.4 is 5.73 Å². The SMILES string of the molecule is Cc1nc2c(c(-c3ccc(Cl)cc3Cl)c1CN)C(=O)N(C1CCN(S(C)(=O)=O)CC1)C2. The number of piperidine rings is 1. The average molecular weight is 483 g/mol. The monoisotopic (exact) mass is 482 g/mol. The molecule has 0 atom stereocenters. The van der Waals surface area contributed by atoms with Crippen molar-refractivity contribution in [2.75, 3.05) is 19.3 Å². The number of hydrogen-bond donors (Lipinski definition) is 1. The number of nitrogens with two attached hydrogens (primary N) is 1. The third-order valence-corrected chi connectivity index (χ3v) is 7.96. The number of fused-ring (bicyclic) bond motifs is 1. The third-order valence-electron chi connectivity index (χ3n) is 6.11. The molecule has 0 unspecified atom stereocenters. The number of nitrogens with zero attached hydrogens (tertiary/aromatic N) is 3. The van der Waals surface area contributed by atoms with Crippen LogP contribution in [-0.4, -0.2) is 53.9 Å². The topological polar surface area (TPSA) is 96.6 Å². The Bertz CT molecular complexity index is 1160. The normalized spacial score (nSPS) is 18.0. The zero-order chi connectivity index (χ0) is 22.5. The minimum atomic E-state index is -3.23. The molecule has 4 rings (SSSR count). The van der Waals surface area contributed by atoms with Crippen molar-refractivity contribution in [3.8, 4) is 11.1 Å². The Morgan fingerprint density at radius 3 is 2.45 bits per heavy atom. The predicted octanol–water partition coefficient (Wildman–Crippen LogP) is 3.20. The van der Waals surface area contributed by atoms with Crippen LogP contribution in [0.3, 0.4) is 0 Å². The summed E-state index contributed by atoms with van der Waals surface area (Å²) in [5.41, 5.74) is 10.2. The highest BCUT2D eigenvalue weighted by atomic mass is 35.5. The van der Waals surface area contributed by atoms with E-state index < -0.39 is 10.0 Å². The van der Waals surface area contributed by atoms with Gasteiger partial charge in [-0.3, -0.25) is 9.78 Å². The summed E-state index contributed by atoms with van der Waals surface area (Å²) in [6.45, 7) is 3.30. The molecule has 1 saturated heterocycles. The average Bonchev–Trinajstić information content (AvgIpc) is 3.02. The van der Waals surface area contributed by atoms with Crippen molar-refractivity contribution in [3.63, 3.8) is 0 Å². The van der Waals surface area contributed by atoms with Crippen LogP contribution in [0.4, 0.5) is 0 Å². The molecule has 2 N–H and O–H groups in total. The maximum atomic E-state index is 13.6. The summed E-state index contributed by atoms with van der Waals surface area (Å²) in [5.74, 6) is -0.115. The maximum Gasteiger partial charge on any atom is 0.257 e. The lowest BCUT2D eigenvalue weighted by Gasteiger charge is -2.35. The maximum absolute atomic E-state index is 13.6. The van der Waals surface area contributed by atoms with E-state index in [-0.39, 0.29) is 18.5 Å². The first-order chi connectivity index (χ1) is 14.6. The van der Waals surface area contributed by atoms with Crippen LogP contribution in [0.2, 0.25) is 10.0 Å². The van der Waals surface area contributed by atoms with Gasteiger partial charge < -0.3 is 10.6 Å². The molecule has 2 aromatic rings. The Hall–Kier alpha value is -1.71. The van der Waals surface area contributed by atoms with Gasteiger partial charge in [-0.05, 0) is 37.5 Å². The van der Waals surface area contributed by atoms with Gasteiger partial charge >= 0.3 is 0 Å². The van der Waals surface area contributed by atoms with Gasteiger partial charge in [0.25, 0.3) is 5.91 Å². The van der Waals surface area contributed by atoms with Gasteiger partial charge in [-0.15, -0.1) is 0 Å². The standard InChI is InChI=1S/C21H24Cl2N4O3S/c1-12-16(10-24)19(15-4-3-13(22)9-17(15)23)20-18(25-12)11-27(21(20)28)14-5-7-26(8-6-14)31(2,29)30/h3-4,9,14H,5-8,10-11,24H2,1-2H3. The Morgan fingerprint density at radius 1 is 1.19 bits per heavy atom. The molecule has 7 nitrogen and oxygen atoms in total. The fourth-order valence-electron chi connectivity index (χ4n) is 4.54. The van der Waals surface area contributed by atoms with Crippen LogP contribution in [0.5, 0.6) is 0 Å². The van der Waals surface area contributed by atoms with Crippen molar-refractivity contribution in [3.05, 3.63) is 50.8 Å². The molecule has 31 heavy (non-hydrogen) atoms.